The van der Waals surface area contributed by atoms with E-state index in [0.29, 0.717) is 32.5 Å². The second-order valence-corrected chi connectivity index (χ2v) is 8.89. The van der Waals surface area contributed by atoms with Crippen LogP contribution in [0.25, 0.3) is 0 Å². The van der Waals surface area contributed by atoms with Gasteiger partial charge in [-0.2, -0.15) is 0 Å². The Balaban J connectivity index is 1.91. The SMILES string of the molecule is CCCCS(=O)(=O)N1CCC2(C1)C(=O)N(CCOC)c1ccccc12. The molecule has 0 saturated carbocycles. The van der Waals surface area contributed by atoms with Crippen LogP contribution in [0.4, 0.5) is 5.69 Å². The Morgan fingerprint density at radius 2 is 2.04 bits per heavy atom. The van der Waals surface area contributed by atoms with Crippen molar-refractivity contribution in [3.05, 3.63) is 29.8 Å². The molecule has 1 amide bonds. The molecule has 1 spiro atoms. The molecule has 7 heteroatoms. The Morgan fingerprint density at radius 3 is 2.76 bits per heavy atom. The van der Waals surface area contributed by atoms with Gasteiger partial charge in [-0.15, -0.1) is 0 Å². The van der Waals surface area contributed by atoms with Crippen LogP contribution < -0.4 is 4.90 Å². The molecule has 2 aliphatic heterocycles. The number of hydrogen-bond donors (Lipinski definition) is 0. The third-order valence-corrected chi connectivity index (χ3v) is 7.17. The molecular formula is C18H26N2O4S. The lowest BCUT2D eigenvalue weighted by molar-refractivity contribution is -0.122. The van der Waals surface area contributed by atoms with Gasteiger partial charge in [-0.3, -0.25) is 4.79 Å². The normalized spacial score (nSPS) is 23.6. The van der Waals surface area contributed by atoms with E-state index in [1.807, 2.05) is 31.2 Å². The van der Waals surface area contributed by atoms with E-state index in [1.165, 1.54) is 4.31 Å². The fourth-order valence-corrected chi connectivity index (χ4v) is 5.56. The summed E-state index contributed by atoms with van der Waals surface area (Å²) in [6.07, 6.45) is 2.03. The number of fused-ring (bicyclic) bond motifs is 2. The molecular weight excluding hydrogens is 340 g/mol. The number of rotatable bonds is 7. The highest BCUT2D eigenvalue weighted by molar-refractivity contribution is 7.89. The van der Waals surface area contributed by atoms with Crippen molar-refractivity contribution < 1.29 is 17.9 Å². The van der Waals surface area contributed by atoms with Gasteiger partial charge >= 0.3 is 0 Å². The molecule has 0 radical (unpaired) electrons. The molecule has 1 fully saturated rings. The highest BCUT2D eigenvalue weighted by Crippen LogP contribution is 2.47. The molecule has 0 N–H and O–H groups in total. The molecule has 0 aromatic heterocycles. The zero-order chi connectivity index (χ0) is 18.1. The van der Waals surface area contributed by atoms with Gasteiger partial charge in [0, 0.05) is 32.4 Å². The minimum Gasteiger partial charge on any atom is -0.383 e. The standard InChI is InChI=1S/C18H26N2O4S/c1-3-4-13-25(22,23)19-10-9-18(14-19)15-7-5-6-8-16(15)20(17(18)21)11-12-24-2/h5-8H,3-4,9-14H2,1-2H3. The van der Waals surface area contributed by atoms with Gasteiger partial charge in [-0.1, -0.05) is 31.5 Å². The van der Waals surface area contributed by atoms with E-state index in [4.69, 9.17) is 4.74 Å². The van der Waals surface area contributed by atoms with Gasteiger partial charge in [0.15, 0.2) is 0 Å². The lowest BCUT2D eigenvalue weighted by Crippen LogP contribution is -2.44. The maximum Gasteiger partial charge on any atom is 0.239 e. The van der Waals surface area contributed by atoms with Crippen molar-refractivity contribution in [2.75, 3.05) is 44.0 Å². The molecule has 0 bridgehead atoms. The van der Waals surface area contributed by atoms with E-state index in [0.717, 1.165) is 17.7 Å². The minimum atomic E-state index is -3.31. The molecule has 3 rings (SSSR count). The Labute approximate surface area is 149 Å². The number of nitrogens with zero attached hydrogens (tertiary/aromatic N) is 2. The summed E-state index contributed by atoms with van der Waals surface area (Å²) >= 11 is 0. The van der Waals surface area contributed by atoms with Crippen LogP contribution in [0.15, 0.2) is 24.3 Å². The van der Waals surface area contributed by atoms with E-state index < -0.39 is 15.4 Å². The van der Waals surface area contributed by atoms with Crippen molar-refractivity contribution in [3.63, 3.8) is 0 Å². The first kappa shape index (κ1) is 18.4. The van der Waals surface area contributed by atoms with Crippen molar-refractivity contribution in [2.24, 2.45) is 0 Å². The predicted molar refractivity (Wildman–Crippen MR) is 97.2 cm³/mol. The van der Waals surface area contributed by atoms with Crippen LogP contribution in [0.2, 0.25) is 0 Å². The number of sulfonamides is 1. The van der Waals surface area contributed by atoms with Gasteiger partial charge in [0.1, 0.15) is 0 Å². The van der Waals surface area contributed by atoms with Crippen LogP contribution >= 0.6 is 0 Å². The summed E-state index contributed by atoms with van der Waals surface area (Å²) in [6, 6.07) is 7.73. The lowest BCUT2D eigenvalue weighted by atomic mass is 9.81. The zero-order valence-corrected chi connectivity index (χ0v) is 15.7. The number of hydrogen-bond acceptors (Lipinski definition) is 4. The van der Waals surface area contributed by atoms with Gasteiger partial charge in [0.05, 0.1) is 17.8 Å². The van der Waals surface area contributed by atoms with Crippen molar-refractivity contribution in [1.29, 1.82) is 0 Å². The topological polar surface area (TPSA) is 66.9 Å². The monoisotopic (exact) mass is 366 g/mol. The highest BCUT2D eigenvalue weighted by atomic mass is 32.2. The maximum absolute atomic E-state index is 13.2. The van der Waals surface area contributed by atoms with Crippen LogP contribution in [0.1, 0.15) is 31.7 Å². The van der Waals surface area contributed by atoms with E-state index >= 15 is 0 Å². The molecule has 1 aromatic carbocycles. The van der Waals surface area contributed by atoms with Crippen LogP contribution in [-0.4, -0.2) is 57.7 Å². The lowest BCUT2D eigenvalue weighted by Gasteiger charge is -2.24. The van der Waals surface area contributed by atoms with E-state index in [9.17, 15) is 13.2 Å². The quantitative estimate of drug-likeness (QED) is 0.737. The molecule has 138 valence electrons. The average molecular weight is 366 g/mol. The Hall–Kier alpha value is -1.44. The maximum atomic E-state index is 13.2. The van der Waals surface area contributed by atoms with Crippen molar-refractivity contribution >= 4 is 21.6 Å². The second kappa shape index (κ2) is 7.05. The molecule has 2 aliphatic rings. The average Bonchev–Trinajstić information content (AvgIpc) is 3.16. The summed E-state index contributed by atoms with van der Waals surface area (Å²) in [5.74, 6) is 0.155. The van der Waals surface area contributed by atoms with Crippen LogP contribution in [-0.2, 0) is 25.0 Å². The fourth-order valence-electron chi connectivity index (χ4n) is 3.86. The Morgan fingerprint density at radius 1 is 1.28 bits per heavy atom. The predicted octanol–water partition coefficient (Wildman–Crippen LogP) is 1.75. The molecule has 1 unspecified atom stereocenters. The van der Waals surface area contributed by atoms with E-state index in [1.54, 1.807) is 12.0 Å². The highest BCUT2D eigenvalue weighted by Gasteiger charge is 2.55. The zero-order valence-electron chi connectivity index (χ0n) is 14.9. The van der Waals surface area contributed by atoms with Gasteiger partial charge in [-0.25, -0.2) is 12.7 Å². The molecule has 1 saturated heterocycles. The molecule has 6 nitrogen and oxygen atoms in total. The number of carbonyl (C=O) groups is 1. The number of para-hydroxylation sites is 1. The largest absolute Gasteiger partial charge is 0.383 e. The first-order chi connectivity index (χ1) is 12.0. The third-order valence-electron chi connectivity index (χ3n) is 5.27. The van der Waals surface area contributed by atoms with Crippen molar-refractivity contribution in [1.82, 2.24) is 4.31 Å². The number of unbranched alkanes of at least 4 members (excludes halogenated alkanes) is 1. The van der Waals surface area contributed by atoms with Crippen molar-refractivity contribution in [3.8, 4) is 0 Å². The van der Waals surface area contributed by atoms with Gasteiger partial charge in [0.2, 0.25) is 15.9 Å². The van der Waals surface area contributed by atoms with Crippen LogP contribution in [0, 0.1) is 0 Å². The molecule has 1 atom stereocenters. The smallest absolute Gasteiger partial charge is 0.239 e. The number of amides is 1. The summed E-state index contributed by atoms with van der Waals surface area (Å²) in [5, 5.41) is 0. The molecule has 25 heavy (non-hydrogen) atoms. The fraction of sp³-hybridized carbons (Fsp3) is 0.611. The summed E-state index contributed by atoms with van der Waals surface area (Å²) in [6.45, 7) is 3.57. The summed E-state index contributed by atoms with van der Waals surface area (Å²) in [7, 11) is -1.70. The second-order valence-electron chi connectivity index (χ2n) is 6.80. The van der Waals surface area contributed by atoms with E-state index in [2.05, 4.69) is 0 Å². The summed E-state index contributed by atoms with van der Waals surface area (Å²) in [5.41, 5.74) is 1.09. The number of ether oxygens (including phenoxy) is 1. The number of carbonyl (C=O) groups excluding carboxylic acids is 1. The van der Waals surface area contributed by atoms with Gasteiger partial charge < -0.3 is 9.64 Å². The number of benzene rings is 1. The number of anilines is 1. The Kier molecular flexibility index (Phi) is 5.18. The van der Waals surface area contributed by atoms with Gasteiger partial charge in [0.25, 0.3) is 0 Å². The van der Waals surface area contributed by atoms with Crippen LogP contribution in [0.5, 0.6) is 0 Å². The van der Waals surface area contributed by atoms with Gasteiger partial charge in [-0.05, 0) is 24.5 Å². The minimum absolute atomic E-state index is 0.000980. The third kappa shape index (κ3) is 3.09. The Bertz CT molecular complexity index is 749. The first-order valence-corrected chi connectivity index (χ1v) is 10.5. The molecule has 2 heterocycles. The molecule has 0 aliphatic carbocycles. The molecule has 1 aromatic rings. The van der Waals surface area contributed by atoms with E-state index in [-0.39, 0.29) is 18.2 Å². The summed E-state index contributed by atoms with van der Waals surface area (Å²) < 4.78 is 31.8. The number of methoxy groups -OCH3 is 1. The first-order valence-electron chi connectivity index (χ1n) is 8.84. The van der Waals surface area contributed by atoms with Crippen LogP contribution in [0.3, 0.4) is 0 Å². The summed E-state index contributed by atoms with van der Waals surface area (Å²) in [4.78, 5) is 15.0. The van der Waals surface area contributed by atoms with Crippen molar-refractivity contribution in [2.45, 2.75) is 31.6 Å².